The molecule has 0 aliphatic carbocycles. The lowest BCUT2D eigenvalue weighted by molar-refractivity contribution is 1.02. The highest BCUT2D eigenvalue weighted by Crippen LogP contribution is 2.16. The summed E-state index contributed by atoms with van der Waals surface area (Å²) in [7, 11) is 1.86. The first-order valence-electron chi connectivity index (χ1n) is 6.14. The van der Waals surface area contributed by atoms with E-state index in [-0.39, 0.29) is 0 Å². The Morgan fingerprint density at radius 1 is 1.42 bits per heavy atom. The molecule has 3 aromatic heterocycles. The van der Waals surface area contributed by atoms with Gasteiger partial charge in [-0.3, -0.25) is 0 Å². The minimum Gasteiger partial charge on any atom is -0.372 e. The molecule has 98 valence electrons. The van der Waals surface area contributed by atoms with Gasteiger partial charge >= 0.3 is 0 Å². The number of hydrogen-bond acceptors (Lipinski definition) is 5. The van der Waals surface area contributed by atoms with Gasteiger partial charge in [-0.1, -0.05) is 6.07 Å². The fraction of sp³-hybridized carbons (Fsp3) is 0.231. The minimum absolute atomic E-state index is 0.813. The smallest absolute Gasteiger partial charge is 0.180 e. The van der Waals surface area contributed by atoms with Gasteiger partial charge in [-0.15, -0.1) is 11.3 Å². The second-order valence-electron chi connectivity index (χ2n) is 4.14. The molecule has 3 heterocycles. The maximum Gasteiger partial charge on any atom is 0.180 e. The van der Waals surface area contributed by atoms with Crippen molar-refractivity contribution in [1.82, 2.24) is 14.4 Å². The molecule has 0 unspecified atom stereocenters. The molecule has 2 N–H and O–H groups in total. The maximum absolute atomic E-state index is 4.51. The molecule has 0 aromatic carbocycles. The van der Waals surface area contributed by atoms with Gasteiger partial charge < -0.3 is 15.0 Å². The average molecular weight is 273 g/mol. The van der Waals surface area contributed by atoms with Crippen molar-refractivity contribution in [2.45, 2.75) is 6.42 Å². The second kappa shape index (κ2) is 5.27. The summed E-state index contributed by atoms with van der Waals surface area (Å²) < 4.78 is 1.96. The van der Waals surface area contributed by atoms with E-state index < -0.39 is 0 Å². The van der Waals surface area contributed by atoms with Crippen LogP contribution >= 0.6 is 11.3 Å². The average Bonchev–Trinajstić information content (AvgIpc) is 3.08. The van der Waals surface area contributed by atoms with Crippen molar-refractivity contribution < 1.29 is 0 Å². The Bertz CT molecular complexity index is 659. The summed E-state index contributed by atoms with van der Waals surface area (Å²) in [6, 6.07) is 4.22. The Kier molecular flexibility index (Phi) is 3.33. The number of nitrogens with one attached hydrogen (secondary N) is 2. The zero-order valence-electron chi connectivity index (χ0n) is 10.6. The van der Waals surface area contributed by atoms with Crippen LogP contribution in [0, 0.1) is 0 Å². The fourth-order valence-corrected chi connectivity index (χ4v) is 2.64. The highest BCUT2D eigenvalue weighted by atomic mass is 32.1. The van der Waals surface area contributed by atoms with Crippen molar-refractivity contribution in [3.63, 3.8) is 0 Å². The molecular weight excluding hydrogens is 258 g/mol. The predicted octanol–water partition coefficient (Wildman–Crippen LogP) is 2.49. The molecule has 0 aliphatic heterocycles. The van der Waals surface area contributed by atoms with Crippen LogP contribution in [0.3, 0.4) is 0 Å². The third-order valence-corrected chi connectivity index (χ3v) is 3.81. The molecular formula is C13H15N5S. The fourth-order valence-electron chi connectivity index (χ4n) is 1.93. The van der Waals surface area contributed by atoms with E-state index in [0.29, 0.717) is 0 Å². The van der Waals surface area contributed by atoms with Crippen molar-refractivity contribution >= 4 is 28.6 Å². The molecule has 3 rings (SSSR count). The lowest BCUT2D eigenvalue weighted by atomic mass is 10.3. The molecule has 0 aliphatic rings. The van der Waals surface area contributed by atoms with Crippen molar-refractivity contribution in [1.29, 1.82) is 0 Å². The van der Waals surface area contributed by atoms with E-state index >= 15 is 0 Å². The summed E-state index contributed by atoms with van der Waals surface area (Å²) >= 11 is 1.78. The number of anilines is 2. The minimum atomic E-state index is 0.813. The molecule has 5 nitrogen and oxygen atoms in total. The highest BCUT2D eigenvalue weighted by Gasteiger charge is 2.06. The normalized spacial score (nSPS) is 10.8. The number of aromatic nitrogens is 3. The number of rotatable bonds is 5. The quantitative estimate of drug-likeness (QED) is 0.750. The lowest BCUT2D eigenvalue weighted by Gasteiger charge is -2.08. The molecule has 3 aromatic rings. The van der Waals surface area contributed by atoms with E-state index in [4.69, 9.17) is 0 Å². The first-order chi connectivity index (χ1) is 9.36. The summed E-state index contributed by atoms with van der Waals surface area (Å²) in [4.78, 5) is 10.2. The van der Waals surface area contributed by atoms with Gasteiger partial charge in [0.05, 0.1) is 6.20 Å². The van der Waals surface area contributed by atoms with Crippen LogP contribution in [0.5, 0.6) is 0 Å². The van der Waals surface area contributed by atoms with Gasteiger partial charge in [-0.25, -0.2) is 9.97 Å². The van der Waals surface area contributed by atoms with Crippen LogP contribution < -0.4 is 10.6 Å². The van der Waals surface area contributed by atoms with Gasteiger partial charge in [-0.2, -0.15) is 0 Å². The molecule has 0 atom stereocenters. The van der Waals surface area contributed by atoms with Crippen LogP contribution in [0.1, 0.15) is 4.88 Å². The predicted molar refractivity (Wildman–Crippen MR) is 79.0 cm³/mol. The SMILES string of the molecule is CNc1cn2ccnc2c(NCCc2cccs2)n1. The van der Waals surface area contributed by atoms with E-state index in [1.54, 1.807) is 17.5 Å². The van der Waals surface area contributed by atoms with Gasteiger partial charge in [0, 0.05) is 30.9 Å². The summed E-state index contributed by atoms with van der Waals surface area (Å²) in [5.41, 5.74) is 0.852. The Balaban J connectivity index is 1.77. The van der Waals surface area contributed by atoms with Crippen molar-refractivity contribution in [3.8, 4) is 0 Å². The van der Waals surface area contributed by atoms with Crippen LogP contribution in [0.25, 0.3) is 5.65 Å². The topological polar surface area (TPSA) is 54.2 Å². The molecule has 0 bridgehead atoms. The molecule has 0 saturated carbocycles. The van der Waals surface area contributed by atoms with Crippen LogP contribution in [0.4, 0.5) is 11.6 Å². The maximum atomic E-state index is 4.51. The summed E-state index contributed by atoms with van der Waals surface area (Å²) in [6.45, 7) is 0.850. The zero-order valence-corrected chi connectivity index (χ0v) is 11.4. The number of nitrogens with zero attached hydrogens (tertiary/aromatic N) is 3. The third kappa shape index (κ3) is 2.53. The van der Waals surface area contributed by atoms with Gasteiger partial charge in [-0.05, 0) is 17.9 Å². The van der Waals surface area contributed by atoms with Crippen LogP contribution in [0.2, 0.25) is 0 Å². The molecule has 6 heteroatoms. The van der Waals surface area contributed by atoms with Gasteiger partial charge in [0.2, 0.25) is 0 Å². The monoisotopic (exact) mass is 273 g/mol. The first-order valence-corrected chi connectivity index (χ1v) is 7.02. The second-order valence-corrected chi connectivity index (χ2v) is 5.17. The molecule has 0 amide bonds. The van der Waals surface area contributed by atoms with E-state index in [1.807, 2.05) is 23.8 Å². The molecule has 0 radical (unpaired) electrons. The van der Waals surface area contributed by atoms with Crippen molar-refractivity contribution in [2.24, 2.45) is 0 Å². The van der Waals surface area contributed by atoms with E-state index in [9.17, 15) is 0 Å². The van der Waals surface area contributed by atoms with Crippen LogP contribution in [-0.2, 0) is 6.42 Å². The number of fused-ring (bicyclic) bond motifs is 1. The largest absolute Gasteiger partial charge is 0.372 e. The summed E-state index contributed by atoms with van der Waals surface area (Å²) in [6.07, 6.45) is 6.62. The highest BCUT2D eigenvalue weighted by molar-refractivity contribution is 7.09. The number of thiophene rings is 1. The first kappa shape index (κ1) is 12.0. The Hall–Kier alpha value is -2.08. The molecule has 0 spiro atoms. The third-order valence-electron chi connectivity index (χ3n) is 2.87. The van der Waals surface area contributed by atoms with Crippen molar-refractivity contribution in [3.05, 3.63) is 41.0 Å². The molecule has 19 heavy (non-hydrogen) atoms. The van der Waals surface area contributed by atoms with Crippen molar-refractivity contribution in [2.75, 3.05) is 24.2 Å². The standard InChI is InChI=1S/C13H15N5S/c1-14-11-9-18-7-6-16-13(18)12(17-11)15-5-4-10-3-2-8-19-10/h2-3,6-9,14H,4-5H2,1H3,(H,15,17). The Morgan fingerprint density at radius 3 is 3.16 bits per heavy atom. The van der Waals surface area contributed by atoms with E-state index in [0.717, 1.165) is 30.2 Å². The summed E-state index contributed by atoms with van der Waals surface area (Å²) in [5, 5.41) is 8.51. The van der Waals surface area contributed by atoms with E-state index in [1.165, 1.54) is 4.88 Å². The van der Waals surface area contributed by atoms with Crippen LogP contribution in [0.15, 0.2) is 36.1 Å². The Labute approximate surface area is 115 Å². The van der Waals surface area contributed by atoms with Gasteiger partial charge in [0.15, 0.2) is 11.5 Å². The van der Waals surface area contributed by atoms with Gasteiger partial charge in [0.1, 0.15) is 5.82 Å². The van der Waals surface area contributed by atoms with Crippen LogP contribution in [-0.4, -0.2) is 28.0 Å². The zero-order chi connectivity index (χ0) is 13.1. The molecule has 0 saturated heterocycles. The molecule has 0 fully saturated rings. The number of imidazole rings is 1. The van der Waals surface area contributed by atoms with E-state index in [2.05, 4.69) is 38.1 Å². The van der Waals surface area contributed by atoms with Gasteiger partial charge in [0.25, 0.3) is 0 Å². The Morgan fingerprint density at radius 2 is 2.37 bits per heavy atom. The summed E-state index contributed by atoms with van der Waals surface area (Å²) in [5.74, 6) is 1.64. The lowest BCUT2D eigenvalue weighted by Crippen LogP contribution is -2.08. The number of hydrogen-bond donors (Lipinski definition) is 2.